The van der Waals surface area contributed by atoms with Gasteiger partial charge in [0, 0.05) is 12.1 Å². The maximum Gasteiger partial charge on any atom is 0.255 e. The second-order valence-corrected chi connectivity index (χ2v) is 6.06. The van der Waals surface area contributed by atoms with Crippen molar-refractivity contribution in [3.8, 4) is 5.75 Å². The number of carbonyl (C=O) groups is 1. The first-order valence-electron chi connectivity index (χ1n) is 7.81. The molecule has 0 aliphatic carbocycles. The summed E-state index contributed by atoms with van der Waals surface area (Å²) in [5, 5.41) is 14.8. The summed E-state index contributed by atoms with van der Waals surface area (Å²) in [6, 6.07) is 11.8. The van der Waals surface area contributed by atoms with Crippen LogP contribution in [0.1, 0.15) is 23.1 Å². The Morgan fingerprint density at radius 2 is 1.96 bits per heavy atom. The smallest absolute Gasteiger partial charge is 0.255 e. The highest BCUT2D eigenvalue weighted by Gasteiger charge is 2.11. The van der Waals surface area contributed by atoms with Gasteiger partial charge in [-0.2, -0.15) is 0 Å². The van der Waals surface area contributed by atoms with E-state index in [-0.39, 0.29) is 12.5 Å². The molecular weight excluding hydrogens is 377 g/mol. The van der Waals surface area contributed by atoms with Crippen molar-refractivity contribution in [2.45, 2.75) is 20.1 Å². The molecule has 0 spiro atoms. The number of aromatic nitrogens is 4. The molecule has 0 aliphatic rings. The van der Waals surface area contributed by atoms with Crippen molar-refractivity contribution in [3.63, 3.8) is 0 Å². The zero-order valence-corrected chi connectivity index (χ0v) is 15.3. The van der Waals surface area contributed by atoms with E-state index in [4.69, 9.17) is 27.9 Å². The van der Waals surface area contributed by atoms with Crippen molar-refractivity contribution in [2.75, 3.05) is 5.32 Å². The SMILES string of the molecule is CCn1nnnc1COc1ccc(C(=O)Nc2cccc(Cl)c2Cl)cc1. The lowest BCUT2D eigenvalue weighted by molar-refractivity contribution is 0.102. The number of amides is 1. The number of hydrogen-bond donors (Lipinski definition) is 1. The minimum Gasteiger partial charge on any atom is -0.486 e. The number of nitrogens with one attached hydrogen (secondary N) is 1. The molecule has 3 aromatic rings. The molecular formula is C17H15Cl2N5O2. The molecule has 0 radical (unpaired) electrons. The maximum absolute atomic E-state index is 12.3. The molecule has 1 heterocycles. The van der Waals surface area contributed by atoms with Crippen molar-refractivity contribution in [1.29, 1.82) is 0 Å². The molecule has 7 nitrogen and oxygen atoms in total. The standard InChI is InChI=1S/C17H15Cl2N5O2/c1-2-24-15(21-22-23-24)10-26-12-8-6-11(7-9-12)17(25)20-14-5-3-4-13(18)16(14)19/h3-9H,2,10H2,1H3,(H,20,25). The van der Waals surface area contributed by atoms with Gasteiger partial charge in [0.1, 0.15) is 12.4 Å². The van der Waals surface area contributed by atoms with Crippen LogP contribution in [0, 0.1) is 0 Å². The maximum atomic E-state index is 12.3. The molecule has 134 valence electrons. The van der Waals surface area contributed by atoms with E-state index in [1.807, 2.05) is 6.92 Å². The molecule has 1 aromatic heterocycles. The molecule has 3 rings (SSSR count). The van der Waals surface area contributed by atoms with E-state index >= 15 is 0 Å². The van der Waals surface area contributed by atoms with E-state index in [0.29, 0.717) is 39.4 Å². The Bertz CT molecular complexity index is 912. The number of anilines is 1. The highest BCUT2D eigenvalue weighted by molar-refractivity contribution is 6.44. The fraction of sp³-hybridized carbons (Fsp3) is 0.176. The number of benzene rings is 2. The fourth-order valence-electron chi connectivity index (χ4n) is 2.22. The Balaban J connectivity index is 1.63. The Kier molecular flexibility index (Phi) is 5.70. The molecule has 0 bridgehead atoms. The van der Waals surface area contributed by atoms with Gasteiger partial charge >= 0.3 is 0 Å². The lowest BCUT2D eigenvalue weighted by Crippen LogP contribution is -2.12. The van der Waals surface area contributed by atoms with Crippen LogP contribution in [0.25, 0.3) is 0 Å². The van der Waals surface area contributed by atoms with Crippen LogP contribution in [0.3, 0.4) is 0 Å². The zero-order valence-electron chi connectivity index (χ0n) is 13.8. The summed E-state index contributed by atoms with van der Waals surface area (Å²) in [7, 11) is 0. The summed E-state index contributed by atoms with van der Waals surface area (Å²) in [6.45, 7) is 2.85. The lowest BCUT2D eigenvalue weighted by atomic mass is 10.2. The molecule has 26 heavy (non-hydrogen) atoms. The average Bonchev–Trinajstić information content (AvgIpc) is 3.12. The topological polar surface area (TPSA) is 81.9 Å². The first-order chi connectivity index (χ1) is 12.6. The van der Waals surface area contributed by atoms with Gasteiger partial charge in [-0.25, -0.2) is 4.68 Å². The second-order valence-electron chi connectivity index (χ2n) is 5.28. The Labute approximate surface area is 159 Å². The van der Waals surface area contributed by atoms with E-state index in [1.54, 1.807) is 47.1 Å². The zero-order chi connectivity index (χ0) is 18.5. The van der Waals surface area contributed by atoms with Gasteiger partial charge in [-0.05, 0) is 53.7 Å². The van der Waals surface area contributed by atoms with E-state index in [2.05, 4.69) is 20.8 Å². The molecule has 0 fully saturated rings. The quantitative estimate of drug-likeness (QED) is 0.690. The summed E-state index contributed by atoms with van der Waals surface area (Å²) in [4.78, 5) is 12.3. The molecule has 1 amide bonds. The molecule has 2 aromatic carbocycles. The highest BCUT2D eigenvalue weighted by atomic mass is 35.5. The van der Waals surface area contributed by atoms with Gasteiger partial charge < -0.3 is 10.1 Å². The summed E-state index contributed by atoms with van der Waals surface area (Å²) >= 11 is 12.0. The number of nitrogens with zero attached hydrogens (tertiary/aromatic N) is 4. The molecule has 0 saturated carbocycles. The Hall–Kier alpha value is -2.64. The van der Waals surface area contributed by atoms with Gasteiger partial charge in [-0.15, -0.1) is 5.10 Å². The predicted molar refractivity (Wildman–Crippen MR) is 98.7 cm³/mol. The average molecular weight is 392 g/mol. The number of rotatable bonds is 6. The summed E-state index contributed by atoms with van der Waals surface area (Å²) in [5.74, 6) is 0.938. The molecule has 0 unspecified atom stereocenters. The summed E-state index contributed by atoms with van der Waals surface area (Å²) in [6.07, 6.45) is 0. The highest BCUT2D eigenvalue weighted by Crippen LogP contribution is 2.29. The molecule has 0 atom stereocenters. The van der Waals surface area contributed by atoms with E-state index < -0.39 is 0 Å². The third kappa shape index (κ3) is 4.12. The van der Waals surface area contributed by atoms with Gasteiger partial charge in [-0.1, -0.05) is 29.3 Å². The first kappa shape index (κ1) is 18.2. The normalized spacial score (nSPS) is 10.6. The van der Waals surface area contributed by atoms with Gasteiger partial charge in [0.25, 0.3) is 5.91 Å². The predicted octanol–water partition coefficient (Wildman–Crippen LogP) is 3.83. The number of halogens is 2. The lowest BCUT2D eigenvalue weighted by Gasteiger charge is -2.09. The first-order valence-corrected chi connectivity index (χ1v) is 8.57. The molecule has 0 aliphatic heterocycles. The van der Waals surface area contributed by atoms with Crippen molar-refractivity contribution < 1.29 is 9.53 Å². The Morgan fingerprint density at radius 1 is 1.19 bits per heavy atom. The molecule has 0 saturated heterocycles. The number of aryl methyl sites for hydroxylation is 1. The van der Waals surface area contributed by atoms with E-state index in [0.717, 1.165) is 0 Å². The van der Waals surface area contributed by atoms with Crippen molar-refractivity contribution in [2.24, 2.45) is 0 Å². The van der Waals surface area contributed by atoms with Crippen LogP contribution in [-0.2, 0) is 13.2 Å². The van der Waals surface area contributed by atoms with Gasteiger partial charge in [0.2, 0.25) is 0 Å². The minimum absolute atomic E-state index is 0.241. The van der Waals surface area contributed by atoms with Gasteiger partial charge in [0.05, 0.1) is 15.7 Å². The number of carbonyl (C=O) groups excluding carboxylic acids is 1. The van der Waals surface area contributed by atoms with Crippen LogP contribution in [0.5, 0.6) is 5.75 Å². The number of hydrogen-bond acceptors (Lipinski definition) is 5. The third-order valence-electron chi connectivity index (χ3n) is 3.59. The van der Waals surface area contributed by atoms with Crippen LogP contribution in [0.2, 0.25) is 10.0 Å². The van der Waals surface area contributed by atoms with E-state index in [9.17, 15) is 4.79 Å². The molecule has 9 heteroatoms. The van der Waals surface area contributed by atoms with E-state index in [1.165, 1.54) is 0 Å². The number of ether oxygens (including phenoxy) is 1. The van der Waals surface area contributed by atoms with Crippen LogP contribution < -0.4 is 10.1 Å². The van der Waals surface area contributed by atoms with Crippen molar-refractivity contribution in [1.82, 2.24) is 20.2 Å². The van der Waals surface area contributed by atoms with Crippen LogP contribution in [-0.4, -0.2) is 26.1 Å². The van der Waals surface area contributed by atoms with Crippen LogP contribution >= 0.6 is 23.2 Å². The summed E-state index contributed by atoms with van der Waals surface area (Å²) < 4.78 is 7.30. The van der Waals surface area contributed by atoms with Gasteiger partial charge in [0.15, 0.2) is 5.82 Å². The fourth-order valence-corrected chi connectivity index (χ4v) is 2.57. The molecule has 1 N–H and O–H groups in total. The second kappa shape index (κ2) is 8.16. The summed E-state index contributed by atoms with van der Waals surface area (Å²) in [5.41, 5.74) is 0.919. The minimum atomic E-state index is -0.296. The third-order valence-corrected chi connectivity index (χ3v) is 4.41. The largest absolute Gasteiger partial charge is 0.486 e. The number of tetrazole rings is 1. The van der Waals surface area contributed by atoms with Gasteiger partial charge in [-0.3, -0.25) is 4.79 Å². The Morgan fingerprint density at radius 3 is 2.69 bits per heavy atom. The van der Waals surface area contributed by atoms with Crippen molar-refractivity contribution >= 4 is 34.8 Å². The van der Waals surface area contributed by atoms with Crippen molar-refractivity contribution in [3.05, 3.63) is 63.9 Å². The monoisotopic (exact) mass is 391 g/mol. The van der Waals surface area contributed by atoms with Crippen LogP contribution in [0.15, 0.2) is 42.5 Å². The van der Waals surface area contributed by atoms with Crippen LogP contribution in [0.4, 0.5) is 5.69 Å².